The highest BCUT2D eigenvalue weighted by atomic mass is 16.1. The van der Waals surface area contributed by atoms with Crippen LogP contribution in [0.2, 0.25) is 0 Å². The molecule has 0 aliphatic rings. The zero-order valence-electron chi connectivity index (χ0n) is 8.50. The van der Waals surface area contributed by atoms with Crippen LogP contribution in [0, 0.1) is 0 Å². The molecule has 0 radical (unpaired) electrons. The maximum absolute atomic E-state index is 11.6. The first-order valence-corrected chi connectivity index (χ1v) is 4.69. The zero-order valence-corrected chi connectivity index (χ0v) is 8.50. The second-order valence-corrected chi connectivity index (χ2v) is 2.93. The van der Waals surface area contributed by atoms with E-state index in [1.54, 1.807) is 25.5 Å². The van der Waals surface area contributed by atoms with Crippen LogP contribution in [-0.2, 0) is 0 Å². The number of rotatable bonds is 4. The monoisotopic (exact) mass is 193 g/mol. The average Bonchev–Trinajstić information content (AvgIpc) is 2.25. The molecule has 76 valence electrons. The van der Waals surface area contributed by atoms with E-state index in [0.717, 1.165) is 12.1 Å². The van der Waals surface area contributed by atoms with E-state index in [1.807, 2.05) is 6.92 Å². The Kier molecular flexibility index (Phi) is 3.91. The van der Waals surface area contributed by atoms with Gasteiger partial charge in [-0.15, -0.1) is 0 Å². The highest BCUT2D eigenvalue weighted by Crippen LogP contribution is 2.11. The highest BCUT2D eigenvalue weighted by molar-refractivity contribution is 5.99. The van der Waals surface area contributed by atoms with Crippen LogP contribution in [0.1, 0.15) is 23.7 Å². The number of amides is 1. The summed E-state index contributed by atoms with van der Waals surface area (Å²) in [6, 6.07) is 1.78. The lowest BCUT2D eigenvalue weighted by atomic mass is 10.2. The van der Waals surface area contributed by atoms with Gasteiger partial charge in [0.25, 0.3) is 5.91 Å². The molecule has 1 aromatic rings. The summed E-state index contributed by atoms with van der Waals surface area (Å²) in [5.74, 6) is -0.0794. The van der Waals surface area contributed by atoms with Gasteiger partial charge in [-0.3, -0.25) is 9.78 Å². The summed E-state index contributed by atoms with van der Waals surface area (Å²) in [5, 5.41) is 5.76. The van der Waals surface area contributed by atoms with Crippen molar-refractivity contribution < 1.29 is 4.79 Å². The van der Waals surface area contributed by atoms with Crippen molar-refractivity contribution in [1.82, 2.24) is 10.3 Å². The molecule has 2 N–H and O–H groups in total. The van der Waals surface area contributed by atoms with Crippen LogP contribution in [0.25, 0.3) is 0 Å². The van der Waals surface area contributed by atoms with Gasteiger partial charge in [0.1, 0.15) is 0 Å². The molecule has 14 heavy (non-hydrogen) atoms. The van der Waals surface area contributed by atoms with Crippen LogP contribution in [-0.4, -0.2) is 24.5 Å². The molecule has 1 aromatic heterocycles. The molecule has 4 heteroatoms. The maximum Gasteiger partial charge on any atom is 0.254 e. The molecule has 1 rings (SSSR count). The molecule has 0 saturated carbocycles. The van der Waals surface area contributed by atoms with Gasteiger partial charge in [0.15, 0.2) is 0 Å². The van der Waals surface area contributed by atoms with Crippen molar-refractivity contribution in [2.45, 2.75) is 13.3 Å². The molecular weight excluding hydrogens is 178 g/mol. The summed E-state index contributed by atoms with van der Waals surface area (Å²) in [6.07, 6.45) is 4.15. The Labute approximate surface area is 83.7 Å². The first kappa shape index (κ1) is 10.5. The van der Waals surface area contributed by atoms with Crippen molar-refractivity contribution in [2.75, 3.05) is 18.9 Å². The van der Waals surface area contributed by atoms with Gasteiger partial charge in [-0.1, -0.05) is 6.92 Å². The van der Waals surface area contributed by atoms with E-state index in [9.17, 15) is 4.79 Å². The van der Waals surface area contributed by atoms with Crippen molar-refractivity contribution in [3.8, 4) is 0 Å². The number of hydrogen-bond donors (Lipinski definition) is 2. The molecule has 0 saturated heterocycles. The minimum atomic E-state index is -0.0794. The lowest BCUT2D eigenvalue weighted by Crippen LogP contribution is -2.24. The number of carbonyl (C=O) groups excluding carboxylic acids is 1. The summed E-state index contributed by atoms with van der Waals surface area (Å²) in [6.45, 7) is 2.71. The summed E-state index contributed by atoms with van der Waals surface area (Å²) >= 11 is 0. The number of aromatic nitrogens is 1. The van der Waals surface area contributed by atoms with Crippen molar-refractivity contribution in [3.05, 3.63) is 24.0 Å². The van der Waals surface area contributed by atoms with Gasteiger partial charge >= 0.3 is 0 Å². The Hall–Kier alpha value is -1.58. The molecule has 0 bridgehead atoms. The summed E-state index contributed by atoms with van der Waals surface area (Å²) in [5.41, 5.74) is 1.39. The number of nitrogens with zero attached hydrogens (tertiary/aromatic N) is 1. The van der Waals surface area contributed by atoms with Crippen LogP contribution in [0.5, 0.6) is 0 Å². The molecular formula is C10H15N3O. The van der Waals surface area contributed by atoms with E-state index in [1.165, 1.54) is 0 Å². The SMILES string of the molecule is CCCNC(=O)c1cnccc1NC. The minimum absolute atomic E-state index is 0.0794. The van der Waals surface area contributed by atoms with Gasteiger partial charge in [0, 0.05) is 31.7 Å². The molecule has 4 nitrogen and oxygen atoms in total. The summed E-state index contributed by atoms with van der Waals surface area (Å²) < 4.78 is 0. The Morgan fingerprint density at radius 1 is 1.57 bits per heavy atom. The Bertz CT molecular complexity index is 312. The standard InChI is InChI=1S/C10H15N3O/c1-3-5-13-10(14)8-7-12-6-4-9(8)11-2/h4,6-7H,3,5H2,1-2H3,(H,11,12)(H,13,14). The Morgan fingerprint density at radius 2 is 2.36 bits per heavy atom. The number of pyridine rings is 1. The van der Waals surface area contributed by atoms with Crippen LogP contribution < -0.4 is 10.6 Å². The predicted octanol–water partition coefficient (Wildman–Crippen LogP) is 1.26. The van der Waals surface area contributed by atoms with E-state index >= 15 is 0 Å². The van der Waals surface area contributed by atoms with E-state index in [2.05, 4.69) is 15.6 Å². The van der Waals surface area contributed by atoms with Crippen molar-refractivity contribution in [1.29, 1.82) is 0 Å². The fourth-order valence-electron chi connectivity index (χ4n) is 1.13. The smallest absolute Gasteiger partial charge is 0.254 e. The molecule has 0 spiro atoms. The van der Waals surface area contributed by atoms with Crippen molar-refractivity contribution in [2.24, 2.45) is 0 Å². The number of anilines is 1. The Balaban J connectivity index is 2.78. The molecule has 1 heterocycles. The fraction of sp³-hybridized carbons (Fsp3) is 0.400. The molecule has 0 aliphatic heterocycles. The predicted molar refractivity (Wildman–Crippen MR) is 56.4 cm³/mol. The van der Waals surface area contributed by atoms with Gasteiger partial charge in [-0.05, 0) is 12.5 Å². The van der Waals surface area contributed by atoms with Crippen molar-refractivity contribution in [3.63, 3.8) is 0 Å². The van der Waals surface area contributed by atoms with E-state index in [-0.39, 0.29) is 5.91 Å². The molecule has 0 aromatic carbocycles. The van der Waals surface area contributed by atoms with Crippen LogP contribution in [0.15, 0.2) is 18.5 Å². The first-order chi connectivity index (χ1) is 6.79. The third kappa shape index (κ3) is 2.45. The normalized spacial score (nSPS) is 9.57. The number of nitrogens with one attached hydrogen (secondary N) is 2. The topological polar surface area (TPSA) is 54.0 Å². The van der Waals surface area contributed by atoms with Crippen LogP contribution >= 0.6 is 0 Å². The quantitative estimate of drug-likeness (QED) is 0.757. The maximum atomic E-state index is 11.6. The van der Waals surface area contributed by atoms with E-state index < -0.39 is 0 Å². The summed E-state index contributed by atoms with van der Waals surface area (Å²) in [4.78, 5) is 15.5. The zero-order chi connectivity index (χ0) is 10.4. The second-order valence-electron chi connectivity index (χ2n) is 2.93. The van der Waals surface area contributed by atoms with Gasteiger partial charge in [-0.25, -0.2) is 0 Å². The average molecular weight is 193 g/mol. The minimum Gasteiger partial charge on any atom is -0.387 e. The lowest BCUT2D eigenvalue weighted by molar-refractivity contribution is 0.0954. The molecule has 0 atom stereocenters. The third-order valence-corrected chi connectivity index (χ3v) is 1.87. The van der Waals surface area contributed by atoms with E-state index in [4.69, 9.17) is 0 Å². The summed E-state index contributed by atoms with van der Waals surface area (Å²) in [7, 11) is 1.78. The number of hydrogen-bond acceptors (Lipinski definition) is 3. The Morgan fingerprint density at radius 3 is 3.00 bits per heavy atom. The van der Waals surface area contributed by atoms with Crippen LogP contribution in [0.4, 0.5) is 5.69 Å². The second kappa shape index (κ2) is 5.21. The van der Waals surface area contributed by atoms with Gasteiger partial charge in [-0.2, -0.15) is 0 Å². The highest BCUT2D eigenvalue weighted by Gasteiger charge is 2.08. The molecule has 0 aliphatic carbocycles. The first-order valence-electron chi connectivity index (χ1n) is 4.69. The van der Waals surface area contributed by atoms with Crippen molar-refractivity contribution >= 4 is 11.6 Å². The molecule has 0 fully saturated rings. The van der Waals surface area contributed by atoms with Crippen LogP contribution in [0.3, 0.4) is 0 Å². The number of carbonyl (C=O) groups is 1. The molecule has 0 unspecified atom stereocenters. The van der Waals surface area contributed by atoms with Gasteiger partial charge in [0.2, 0.25) is 0 Å². The lowest BCUT2D eigenvalue weighted by Gasteiger charge is -2.07. The largest absolute Gasteiger partial charge is 0.387 e. The molecule has 1 amide bonds. The van der Waals surface area contributed by atoms with Gasteiger partial charge in [0.05, 0.1) is 5.56 Å². The van der Waals surface area contributed by atoms with E-state index in [0.29, 0.717) is 12.1 Å². The fourth-order valence-corrected chi connectivity index (χ4v) is 1.13. The van der Waals surface area contributed by atoms with Gasteiger partial charge < -0.3 is 10.6 Å². The third-order valence-electron chi connectivity index (χ3n) is 1.87.